The minimum atomic E-state index is -1.03. The molecule has 0 N–H and O–H groups in total. The van der Waals surface area contributed by atoms with E-state index in [1.165, 1.54) is 0 Å². The SMILES string of the molecule is O=C([O-])C[C@@H](c1ccsc1)n1cccc1. The Kier molecular flexibility index (Phi) is 2.87. The van der Waals surface area contributed by atoms with Crippen molar-refractivity contribution in [3.8, 4) is 0 Å². The van der Waals surface area contributed by atoms with Gasteiger partial charge in [-0.3, -0.25) is 0 Å². The first-order chi connectivity index (χ1) is 7.27. The fraction of sp³-hybridized carbons (Fsp3) is 0.182. The van der Waals surface area contributed by atoms with Crippen LogP contribution >= 0.6 is 11.3 Å². The number of hydrogen-bond donors (Lipinski definition) is 0. The van der Waals surface area contributed by atoms with Crippen molar-refractivity contribution in [2.75, 3.05) is 0 Å². The van der Waals surface area contributed by atoms with Gasteiger partial charge in [-0.15, -0.1) is 0 Å². The maximum atomic E-state index is 10.7. The minimum Gasteiger partial charge on any atom is -0.550 e. The molecule has 15 heavy (non-hydrogen) atoms. The lowest BCUT2D eigenvalue weighted by molar-refractivity contribution is -0.306. The average molecular weight is 220 g/mol. The van der Waals surface area contributed by atoms with Crippen molar-refractivity contribution in [2.24, 2.45) is 0 Å². The van der Waals surface area contributed by atoms with Gasteiger partial charge in [0, 0.05) is 24.8 Å². The van der Waals surface area contributed by atoms with Gasteiger partial charge in [0.2, 0.25) is 0 Å². The van der Waals surface area contributed by atoms with Gasteiger partial charge >= 0.3 is 0 Å². The first kappa shape index (κ1) is 9.98. The molecule has 0 aliphatic heterocycles. The number of aliphatic carboxylic acids is 1. The van der Waals surface area contributed by atoms with Crippen LogP contribution in [0.1, 0.15) is 18.0 Å². The van der Waals surface area contributed by atoms with E-state index in [4.69, 9.17) is 0 Å². The summed E-state index contributed by atoms with van der Waals surface area (Å²) < 4.78 is 1.89. The summed E-state index contributed by atoms with van der Waals surface area (Å²) in [5.74, 6) is -1.03. The molecule has 2 aromatic heterocycles. The zero-order valence-corrected chi connectivity index (χ0v) is 8.81. The van der Waals surface area contributed by atoms with Crippen LogP contribution in [-0.2, 0) is 4.79 Å². The van der Waals surface area contributed by atoms with Crippen LogP contribution in [-0.4, -0.2) is 10.5 Å². The molecule has 0 bridgehead atoms. The van der Waals surface area contributed by atoms with Gasteiger partial charge in [0.1, 0.15) is 0 Å². The number of thiophene rings is 1. The van der Waals surface area contributed by atoms with Gasteiger partial charge in [0.05, 0.1) is 6.04 Å². The van der Waals surface area contributed by atoms with E-state index in [0.29, 0.717) is 0 Å². The first-order valence-corrected chi connectivity index (χ1v) is 5.56. The number of rotatable bonds is 4. The zero-order valence-electron chi connectivity index (χ0n) is 8.00. The van der Waals surface area contributed by atoms with E-state index in [1.807, 2.05) is 45.9 Å². The summed E-state index contributed by atoms with van der Waals surface area (Å²) in [6.07, 6.45) is 3.74. The third kappa shape index (κ3) is 2.27. The van der Waals surface area contributed by atoms with Gasteiger partial charge in [-0.2, -0.15) is 11.3 Å². The summed E-state index contributed by atoms with van der Waals surface area (Å²) in [7, 11) is 0. The highest BCUT2D eigenvalue weighted by molar-refractivity contribution is 7.07. The van der Waals surface area contributed by atoms with Gasteiger partial charge in [0.15, 0.2) is 0 Å². The second-order valence-electron chi connectivity index (χ2n) is 3.28. The molecule has 0 unspecified atom stereocenters. The van der Waals surface area contributed by atoms with Crippen LogP contribution in [0.25, 0.3) is 0 Å². The van der Waals surface area contributed by atoms with Crippen molar-refractivity contribution in [2.45, 2.75) is 12.5 Å². The second kappa shape index (κ2) is 4.31. The largest absolute Gasteiger partial charge is 0.550 e. The molecule has 78 valence electrons. The molecule has 0 saturated carbocycles. The molecule has 4 heteroatoms. The lowest BCUT2D eigenvalue weighted by atomic mass is 10.1. The Hall–Kier alpha value is -1.55. The van der Waals surface area contributed by atoms with E-state index in [-0.39, 0.29) is 12.5 Å². The molecular formula is C11H10NO2S-. The minimum absolute atomic E-state index is 0.00537. The van der Waals surface area contributed by atoms with E-state index in [0.717, 1.165) is 5.56 Å². The van der Waals surface area contributed by atoms with Crippen molar-refractivity contribution in [3.05, 3.63) is 46.9 Å². The highest BCUT2D eigenvalue weighted by Gasteiger charge is 2.13. The number of carboxylic acid groups (broad SMARTS) is 1. The van der Waals surface area contributed by atoms with E-state index in [2.05, 4.69) is 0 Å². The van der Waals surface area contributed by atoms with Crippen molar-refractivity contribution in [3.63, 3.8) is 0 Å². The van der Waals surface area contributed by atoms with Crippen LogP contribution in [0.3, 0.4) is 0 Å². The highest BCUT2D eigenvalue weighted by atomic mass is 32.1. The summed E-state index contributed by atoms with van der Waals surface area (Å²) in [5, 5.41) is 14.6. The molecule has 0 radical (unpaired) electrons. The molecule has 0 saturated heterocycles. The summed E-state index contributed by atoms with van der Waals surface area (Å²) in [4.78, 5) is 10.7. The van der Waals surface area contributed by atoms with Crippen LogP contribution in [0, 0.1) is 0 Å². The van der Waals surface area contributed by atoms with E-state index in [1.54, 1.807) is 11.3 Å². The first-order valence-electron chi connectivity index (χ1n) is 4.62. The second-order valence-corrected chi connectivity index (χ2v) is 4.06. The number of carboxylic acids is 1. The molecule has 2 heterocycles. The summed E-state index contributed by atoms with van der Waals surface area (Å²) >= 11 is 1.57. The number of carbonyl (C=O) groups is 1. The molecule has 0 fully saturated rings. The zero-order chi connectivity index (χ0) is 10.7. The Labute approximate surface area is 91.6 Å². The number of carbonyl (C=O) groups excluding carboxylic acids is 1. The third-order valence-electron chi connectivity index (χ3n) is 2.28. The molecule has 2 aromatic rings. The smallest absolute Gasteiger partial charge is 0.0640 e. The van der Waals surface area contributed by atoms with Crippen molar-refractivity contribution in [1.82, 2.24) is 4.57 Å². The molecular weight excluding hydrogens is 210 g/mol. The average Bonchev–Trinajstić information content (AvgIpc) is 2.87. The van der Waals surface area contributed by atoms with Gasteiger partial charge < -0.3 is 14.5 Å². The normalized spacial score (nSPS) is 12.5. The predicted octanol–water partition coefficient (Wildman–Crippen LogP) is 1.28. The van der Waals surface area contributed by atoms with Gasteiger partial charge in [0.25, 0.3) is 0 Å². The Morgan fingerprint density at radius 2 is 2.20 bits per heavy atom. The quantitative estimate of drug-likeness (QED) is 0.779. The van der Waals surface area contributed by atoms with Gasteiger partial charge in [-0.05, 0) is 34.5 Å². The van der Waals surface area contributed by atoms with Crippen molar-refractivity contribution < 1.29 is 9.90 Å². The van der Waals surface area contributed by atoms with Crippen molar-refractivity contribution >= 4 is 17.3 Å². The Bertz CT molecular complexity index is 385. The summed E-state index contributed by atoms with van der Waals surface area (Å²) in [5.41, 5.74) is 1.01. The molecule has 2 rings (SSSR count). The molecule has 0 amide bonds. The number of hydrogen-bond acceptors (Lipinski definition) is 3. The predicted molar refractivity (Wildman–Crippen MR) is 56.5 cm³/mol. The summed E-state index contributed by atoms with van der Waals surface area (Å²) in [6.45, 7) is 0. The summed E-state index contributed by atoms with van der Waals surface area (Å²) in [6, 6.07) is 5.55. The maximum absolute atomic E-state index is 10.7. The maximum Gasteiger partial charge on any atom is 0.0640 e. The monoisotopic (exact) mass is 220 g/mol. The molecule has 0 aliphatic rings. The van der Waals surface area contributed by atoms with Crippen LogP contribution in [0.2, 0.25) is 0 Å². The standard InChI is InChI=1S/C11H11NO2S/c13-11(14)7-10(9-3-6-15-8-9)12-4-1-2-5-12/h1-6,8,10H,7H2,(H,13,14)/p-1/t10-/m0/s1. The topological polar surface area (TPSA) is 45.1 Å². The fourth-order valence-corrected chi connectivity index (χ4v) is 2.28. The lowest BCUT2D eigenvalue weighted by Crippen LogP contribution is -2.26. The Balaban J connectivity index is 2.29. The molecule has 1 atom stereocenters. The fourth-order valence-electron chi connectivity index (χ4n) is 1.57. The Morgan fingerprint density at radius 1 is 1.47 bits per heavy atom. The van der Waals surface area contributed by atoms with E-state index < -0.39 is 5.97 Å². The van der Waals surface area contributed by atoms with Crippen molar-refractivity contribution in [1.29, 1.82) is 0 Å². The molecule has 3 nitrogen and oxygen atoms in total. The molecule has 0 aromatic carbocycles. The van der Waals surface area contributed by atoms with E-state index >= 15 is 0 Å². The van der Waals surface area contributed by atoms with E-state index in [9.17, 15) is 9.90 Å². The van der Waals surface area contributed by atoms with Crippen LogP contribution in [0.15, 0.2) is 41.4 Å². The third-order valence-corrected chi connectivity index (χ3v) is 2.98. The number of aromatic nitrogens is 1. The van der Waals surface area contributed by atoms with Gasteiger partial charge in [-0.25, -0.2) is 0 Å². The van der Waals surface area contributed by atoms with Crippen LogP contribution < -0.4 is 5.11 Å². The molecule has 0 spiro atoms. The highest BCUT2D eigenvalue weighted by Crippen LogP contribution is 2.23. The van der Waals surface area contributed by atoms with Crippen LogP contribution in [0.4, 0.5) is 0 Å². The Morgan fingerprint density at radius 3 is 2.73 bits per heavy atom. The molecule has 0 aliphatic carbocycles. The lowest BCUT2D eigenvalue weighted by Gasteiger charge is -2.18. The van der Waals surface area contributed by atoms with Gasteiger partial charge in [-0.1, -0.05) is 0 Å². The number of nitrogens with zero attached hydrogens (tertiary/aromatic N) is 1. The van der Waals surface area contributed by atoms with Crippen LogP contribution in [0.5, 0.6) is 0 Å².